The van der Waals surface area contributed by atoms with Gasteiger partial charge >= 0.3 is 6.18 Å². The first kappa shape index (κ1) is 13.3. The number of nitrogen functional groups attached to an aromatic ring is 1. The number of hydrogen-bond acceptors (Lipinski definition) is 2. The smallest absolute Gasteiger partial charge is 0.384 e. The highest BCUT2D eigenvalue weighted by molar-refractivity contribution is 5.95. The van der Waals surface area contributed by atoms with Gasteiger partial charge in [-0.2, -0.15) is 13.2 Å². The predicted octanol–water partition coefficient (Wildman–Crippen LogP) is 2.36. The number of alkyl halides is 3. The number of nitrogens with zero attached hydrogens (tertiary/aromatic N) is 1. The quantitative estimate of drug-likeness (QED) is 0.632. The SMILES string of the molecule is CN(CCC(F)(F)F)c1cccc(C(=N)N)c1. The molecule has 1 aromatic rings. The third-order valence-electron chi connectivity index (χ3n) is 2.33. The van der Waals surface area contributed by atoms with E-state index in [1.54, 1.807) is 31.3 Å². The second-order valence-electron chi connectivity index (χ2n) is 3.75. The van der Waals surface area contributed by atoms with E-state index in [1.807, 2.05) is 0 Å². The second-order valence-corrected chi connectivity index (χ2v) is 3.75. The van der Waals surface area contributed by atoms with Crippen molar-refractivity contribution in [2.75, 3.05) is 18.5 Å². The van der Waals surface area contributed by atoms with Crippen LogP contribution < -0.4 is 10.6 Å². The van der Waals surface area contributed by atoms with Crippen molar-refractivity contribution in [3.63, 3.8) is 0 Å². The van der Waals surface area contributed by atoms with Crippen molar-refractivity contribution >= 4 is 11.5 Å². The van der Waals surface area contributed by atoms with Gasteiger partial charge in [0, 0.05) is 24.8 Å². The van der Waals surface area contributed by atoms with Crippen LogP contribution in [0.5, 0.6) is 0 Å². The molecule has 17 heavy (non-hydrogen) atoms. The fourth-order valence-electron chi connectivity index (χ4n) is 1.33. The summed E-state index contributed by atoms with van der Waals surface area (Å²) >= 11 is 0. The lowest BCUT2D eigenvalue weighted by Crippen LogP contribution is -2.24. The average molecular weight is 245 g/mol. The molecule has 1 aromatic carbocycles. The zero-order valence-corrected chi connectivity index (χ0v) is 9.38. The molecule has 3 nitrogen and oxygen atoms in total. The van der Waals surface area contributed by atoms with Gasteiger partial charge in [-0.05, 0) is 12.1 Å². The summed E-state index contributed by atoms with van der Waals surface area (Å²) in [6.45, 7) is -0.120. The van der Waals surface area contributed by atoms with Crippen LogP contribution in [0.2, 0.25) is 0 Å². The lowest BCUT2D eigenvalue weighted by atomic mass is 10.1. The number of rotatable bonds is 4. The summed E-state index contributed by atoms with van der Waals surface area (Å²) in [4.78, 5) is 1.49. The molecule has 0 fully saturated rings. The molecule has 0 unspecified atom stereocenters. The summed E-state index contributed by atoms with van der Waals surface area (Å²) in [6.07, 6.45) is -5.03. The Bertz CT molecular complexity index is 401. The van der Waals surface area contributed by atoms with Crippen LogP contribution in [-0.4, -0.2) is 25.6 Å². The van der Waals surface area contributed by atoms with Gasteiger partial charge in [-0.3, -0.25) is 5.41 Å². The van der Waals surface area contributed by atoms with Gasteiger partial charge in [0.05, 0.1) is 6.42 Å². The number of nitrogens with two attached hydrogens (primary N) is 1. The molecule has 0 heterocycles. The molecule has 0 aliphatic heterocycles. The van der Waals surface area contributed by atoms with Gasteiger partial charge < -0.3 is 10.6 Å². The monoisotopic (exact) mass is 245 g/mol. The molecule has 0 aromatic heterocycles. The molecule has 0 bridgehead atoms. The molecule has 6 heteroatoms. The van der Waals surface area contributed by atoms with Gasteiger partial charge in [0.2, 0.25) is 0 Å². The molecule has 0 aliphatic rings. The predicted molar refractivity (Wildman–Crippen MR) is 61.4 cm³/mol. The van der Waals surface area contributed by atoms with Gasteiger partial charge in [-0.1, -0.05) is 12.1 Å². The summed E-state index contributed by atoms with van der Waals surface area (Å²) in [6, 6.07) is 6.58. The largest absolute Gasteiger partial charge is 0.390 e. The highest BCUT2D eigenvalue weighted by Crippen LogP contribution is 2.22. The Morgan fingerprint density at radius 1 is 1.41 bits per heavy atom. The summed E-state index contributed by atoms with van der Waals surface area (Å²) in [7, 11) is 1.57. The van der Waals surface area contributed by atoms with Gasteiger partial charge in [-0.15, -0.1) is 0 Å². The van der Waals surface area contributed by atoms with Gasteiger partial charge in [-0.25, -0.2) is 0 Å². The molecule has 0 aliphatic carbocycles. The Labute approximate surface area is 97.5 Å². The minimum Gasteiger partial charge on any atom is -0.384 e. The Balaban J connectivity index is 2.72. The highest BCUT2D eigenvalue weighted by Gasteiger charge is 2.27. The normalized spacial score (nSPS) is 11.3. The molecule has 0 atom stereocenters. The van der Waals surface area contributed by atoms with Crippen LogP contribution in [-0.2, 0) is 0 Å². The van der Waals surface area contributed by atoms with E-state index in [-0.39, 0.29) is 12.4 Å². The average Bonchev–Trinajstić information content (AvgIpc) is 2.25. The topological polar surface area (TPSA) is 53.1 Å². The summed E-state index contributed by atoms with van der Waals surface area (Å²) in [5, 5.41) is 7.25. The van der Waals surface area contributed by atoms with Gasteiger partial charge in [0.15, 0.2) is 0 Å². The Morgan fingerprint density at radius 2 is 2.06 bits per heavy atom. The minimum atomic E-state index is -4.16. The van der Waals surface area contributed by atoms with Crippen LogP contribution in [0.4, 0.5) is 18.9 Å². The maximum Gasteiger partial charge on any atom is 0.390 e. The van der Waals surface area contributed by atoms with Gasteiger partial charge in [0.25, 0.3) is 0 Å². The van der Waals surface area contributed by atoms with Crippen LogP contribution in [0.1, 0.15) is 12.0 Å². The number of anilines is 1. The van der Waals surface area contributed by atoms with Crippen LogP contribution in [0.3, 0.4) is 0 Å². The van der Waals surface area contributed by atoms with E-state index in [4.69, 9.17) is 11.1 Å². The summed E-state index contributed by atoms with van der Waals surface area (Å²) < 4.78 is 36.2. The first-order valence-electron chi connectivity index (χ1n) is 5.02. The van der Waals surface area contributed by atoms with Crippen LogP contribution in [0, 0.1) is 5.41 Å². The number of benzene rings is 1. The number of nitrogens with one attached hydrogen (secondary N) is 1. The van der Waals surface area contributed by atoms with E-state index >= 15 is 0 Å². The first-order chi connectivity index (χ1) is 7.79. The van der Waals surface area contributed by atoms with Crippen LogP contribution >= 0.6 is 0 Å². The Morgan fingerprint density at radius 3 is 2.59 bits per heavy atom. The maximum absolute atomic E-state index is 12.1. The number of amidine groups is 1. The molecular weight excluding hydrogens is 231 g/mol. The minimum absolute atomic E-state index is 0.101. The lowest BCUT2D eigenvalue weighted by Gasteiger charge is -2.20. The van der Waals surface area contributed by atoms with Crippen molar-refractivity contribution in [2.45, 2.75) is 12.6 Å². The van der Waals surface area contributed by atoms with Crippen LogP contribution in [0.15, 0.2) is 24.3 Å². The third-order valence-corrected chi connectivity index (χ3v) is 2.33. The maximum atomic E-state index is 12.1. The lowest BCUT2D eigenvalue weighted by molar-refractivity contribution is -0.132. The highest BCUT2D eigenvalue weighted by atomic mass is 19.4. The number of hydrogen-bond donors (Lipinski definition) is 2. The van der Waals surface area contributed by atoms with E-state index in [1.165, 1.54) is 4.90 Å². The fourth-order valence-corrected chi connectivity index (χ4v) is 1.33. The Hall–Kier alpha value is -1.72. The molecule has 0 spiro atoms. The first-order valence-corrected chi connectivity index (χ1v) is 5.02. The molecule has 0 saturated carbocycles. The number of halogens is 3. The van der Waals surface area contributed by atoms with E-state index in [2.05, 4.69) is 0 Å². The fraction of sp³-hybridized carbons (Fsp3) is 0.364. The molecule has 0 radical (unpaired) electrons. The second kappa shape index (κ2) is 5.07. The molecule has 0 saturated heterocycles. The molecule has 3 N–H and O–H groups in total. The summed E-state index contributed by atoms with van der Waals surface area (Å²) in [5.41, 5.74) is 6.42. The van der Waals surface area contributed by atoms with E-state index in [9.17, 15) is 13.2 Å². The molecule has 0 amide bonds. The van der Waals surface area contributed by atoms with Crippen molar-refractivity contribution in [3.05, 3.63) is 29.8 Å². The molecule has 1 rings (SSSR count). The van der Waals surface area contributed by atoms with Crippen molar-refractivity contribution < 1.29 is 13.2 Å². The zero-order valence-electron chi connectivity index (χ0n) is 9.38. The molecule has 94 valence electrons. The van der Waals surface area contributed by atoms with Crippen molar-refractivity contribution in [2.24, 2.45) is 5.73 Å². The van der Waals surface area contributed by atoms with E-state index in [0.29, 0.717) is 11.3 Å². The van der Waals surface area contributed by atoms with E-state index in [0.717, 1.165) is 0 Å². The van der Waals surface area contributed by atoms with Gasteiger partial charge in [0.1, 0.15) is 5.84 Å². The molecular formula is C11H14F3N3. The Kier molecular flexibility index (Phi) is 3.98. The van der Waals surface area contributed by atoms with Crippen LogP contribution in [0.25, 0.3) is 0 Å². The standard InChI is InChI=1S/C11H14F3N3/c1-17(6-5-11(12,13)14)9-4-2-3-8(7-9)10(15)16/h2-4,7H,5-6H2,1H3,(H3,15,16). The summed E-state index contributed by atoms with van der Waals surface area (Å²) in [5.74, 6) is -0.101. The van der Waals surface area contributed by atoms with Crippen molar-refractivity contribution in [1.82, 2.24) is 0 Å². The zero-order chi connectivity index (χ0) is 13.1. The van der Waals surface area contributed by atoms with Crippen molar-refractivity contribution in [1.29, 1.82) is 5.41 Å². The third kappa shape index (κ3) is 4.34. The van der Waals surface area contributed by atoms with Crippen molar-refractivity contribution in [3.8, 4) is 0 Å². The van der Waals surface area contributed by atoms with E-state index < -0.39 is 12.6 Å².